The molecular weight excluding hydrogens is 280 g/mol. The van der Waals surface area contributed by atoms with Crippen molar-refractivity contribution in [2.45, 2.75) is 26.3 Å². The second-order valence-electron chi connectivity index (χ2n) is 6.00. The van der Waals surface area contributed by atoms with Gasteiger partial charge in [-0.25, -0.2) is 0 Å². The fourth-order valence-corrected chi connectivity index (χ4v) is 3.06. The van der Waals surface area contributed by atoms with Crippen molar-refractivity contribution in [3.8, 4) is 6.07 Å². The van der Waals surface area contributed by atoms with Crippen LogP contribution >= 0.6 is 0 Å². The van der Waals surface area contributed by atoms with Crippen molar-refractivity contribution in [3.63, 3.8) is 0 Å². The number of benzene rings is 1. The average Bonchev–Trinajstić information content (AvgIpc) is 2.80. The van der Waals surface area contributed by atoms with Crippen LogP contribution in [0.2, 0.25) is 0 Å². The summed E-state index contributed by atoms with van der Waals surface area (Å²) in [4.78, 5) is 26.4. The summed E-state index contributed by atoms with van der Waals surface area (Å²) in [6, 6.07) is 10.7. The standard InChI is InChI=1S/C17H20N2O3/c1-12(2)10-19-14(20)9-17(11-18,16(21)22-3)15(19)13-7-5-4-6-8-13/h4-8,12,15H,9-10H2,1-3H3/t15-,17+/m1/s1. The van der Waals surface area contributed by atoms with Crippen molar-refractivity contribution in [1.29, 1.82) is 5.26 Å². The highest BCUT2D eigenvalue weighted by Gasteiger charge is 2.58. The van der Waals surface area contributed by atoms with E-state index in [1.165, 1.54) is 7.11 Å². The van der Waals surface area contributed by atoms with Gasteiger partial charge in [0.2, 0.25) is 5.91 Å². The molecule has 1 saturated heterocycles. The summed E-state index contributed by atoms with van der Waals surface area (Å²) in [7, 11) is 1.25. The Morgan fingerprint density at radius 2 is 2.09 bits per heavy atom. The number of ether oxygens (including phenoxy) is 1. The number of rotatable bonds is 4. The summed E-state index contributed by atoms with van der Waals surface area (Å²) in [6.45, 7) is 4.50. The zero-order chi connectivity index (χ0) is 16.3. The molecule has 22 heavy (non-hydrogen) atoms. The lowest BCUT2D eigenvalue weighted by atomic mass is 9.78. The largest absolute Gasteiger partial charge is 0.468 e. The first kappa shape index (κ1) is 16.0. The average molecular weight is 300 g/mol. The fraction of sp³-hybridized carbons (Fsp3) is 0.471. The molecule has 5 nitrogen and oxygen atoms in total. The quantitative estimate of drug-likeness (QED) is 0.800. The summed E-state index contributed by atoms with van der Waals surface area (Å²) in [5, 5.41) is 9.69. The van der Waals surface area contributed by atoms with Gasteiger partial charge in [0, 0.05) is 6.54 Å². The van der Waals surface area contributed by atoms with E-state index in [9.17, 15) is 14.9 Å². The number of nitriles is 1. The van der Waals surface area contributed by atoms with Gasteiger partial charge < -0.3 is 9.64 Å². The highest BCUT2D eigenvalue weighted by atomic mass is 16.5. The van der Waals surface area contributed by atoms with Crippen molar-refractivity contribution in [2.75, 3.05) is 13.7 Å². The number of hydrogen-bond donors (Lipinski definition) is 0. The van der Waals surface area contributed by atoms with Gasteiger partial charge in [-0.15, -0.1) is 0 Å². The molecule has 0 bridgehead atoms. The van der Waals surface area contributed by atoms with Gasteiger partial charge in [-0.2, -0.15) is 5.26 Å². The molecule has 0 unspecified atom stereocenters. The Morgan fingerprint density at radius 1 is 1.45 bits per heavy atom. The smallest absolute Gasteiger partial charge is 0.329 e. The molecule has 2 atom stereocenters. The number of nitrogens with zero attached hydrogens (tertiary/aromatic N) is 2. The summed E-state index contributed by atoms with van der Waals surface area (Å²) in [5.41, 5.74) is -0.705. The first-order valence-electron chi connectivity index (χ1n) is 7.30. The van der Waals surface area contributed by atoms with E-state index in [1.807, 2.05) is 44.2 Å². The highest BCUT2D eigenvalue weighted by molar-refractivity contribution is 5.93. The molecule has 0 saturated carbocycles. The van der Waals surface area contributed by atoms with E-state index in [-0.39, 0.29) is 18.2 Å². The molecule has 0 aliphatic carbocycles. The minimum Gasteiger partial charge on any atom is -0.468 e. The predicted molar refractivity (Wildman–Crippen MR) is 80.4 cm³/mol. The Morgan fingerprint density at radius 3 is 2.59 bits per heavy atom. The predicted octanol–water partition coefficient (Wildman–Crippen LogP) is 2.30. The molecule has 1 heterocycles. The lowest BCUT2D eigenvalue weighted by molar-refractivity contribution is -0.150. The van der Waals surface area contributed by atoms with Crippen LogP contribution < -0.4 is 0 Å². The molecule has 1 aliphatic heterocycles. The molecule has 0 aromatic heterocycles. The van der Waals surface area contributed by atoms with E-state index in [1.54, 1.807) is 4.90 Å². The Labute approximate surface area is 130 Å². The number of likely N-dealkylation sites (tertiary alicyclic amines) is 1. The fourth-order valence-electron chi connectivity index (χ4n) is 3.06. The van der Waals surface area contributed by atoms with E-state index in [2.05, 4.69) is 6.07 Å². The molecule has 1 fully saturated rings. The minimum atomic E-state index is -1.48. The molecule has 2 rings (SSSR count). The van der Waals surface area contributed by atoms with Crippen molar-refractivity contribution in [1.82, 2.24) is 4.90 Å². The van der Waals surface area contributed by atoms with Gasteiger partial charge in [-0.1, -0.05) is 44.2 Å². The maximum atomic E-state index is 12.5. The van der Waals surface area contributed by atoms with Crippen LogP contribution in [0.25, 0.3) is 0 Å². The summed E-state index contributed by atoms with van der Waals surface area (Å²) < 4.78 is 4.84. The van der Waals surface area contributed by atoms with Crippen molar-refractivity contribution >= 4 is 11.9 Å². The van der Waals surface area contributed by atoms with Crippen LogP contribution in [-0.4, -0.2) is 30.4 Å². The number of carbonyl (C=O) groups is 2. The van der Waals surface area contributed by atoms with Gasteiger partial charge in [0.25, 0.3) is 0 Å². The number of methoxy groups -OCH3 is 1. The Hall–Kier alpha value is -2.35. The van der Waals surface area contributed by atoms with Crippen LogP contribution in [0.4, 0.5) is 0 Å². The number of amides is 1. The molecule has 0 spiro atoms. The van der Waals surface area contributed by atoms with Gasteiger partial charge in [0.15, 0.2) is 5.41 Å². The van der Waals surface area contributed by atoms with E-state index in [0.29, 0.717) is 6.54 Å². The van der Waals surface area contributed by atoms with Crippen molar-refractivity contribution in [2.24, 2.45) is 11.3 Å². The molecule has 1 aromatic rings. The van der Waals surface area contributed by atoms with Crippen LogP contribution in [0.15, 0.2) is 30.3 Å². The highest BCUT2D eigenvalue weighted by Crippen LogP contribution is 2.48. The first-order valence-corrected chi connectivity index (χ1v) is 7.30. The van der Waals surface area contributed by atoms with Gasteiger partial charge >= 0.3 is 5.97 Å². The molecular formula is C17H20N2O3. The molecule has 1 amide bonds. The number of carbonyl (C=O) groups excluding carboxylic acids is 2. The molecule has 5 heteroatoms. The Balaban J connectivity index is 2.57. The minimum absolute atomic E-state index is 0.136. The summed E-state index contributed by atoms with van der Waals surface area (Å²) >= 11 is 0. The molecule has 116 valence electrons. The van der Waals surface area contributed by atoms with Crippen LogP contribution in [0.5, 0.6) is 0 Å². The molecule has 0 radical (unpaired) electrons. The first-order chi connectivity index (χ1) is 10.5. The normalized spacial score (nSPS) is 24.4. The summed E-state index contributed by atoms with van der Waals surface area (Å²) in [5.74, 6) is -0.597. The Bertz CT molecular complexity index is 606. The third-order valence-electron chi connectivity index (χ3n) is 3.96. The van der Waals surface area contributed by atoms with E-state index in [0.717, 1.165) is 5.56 Å². The van der Waals surface area contributed by atoms with Gasteiger partial charge in [-0.05, 0) is 11.5 Å². The van der Waals surface area contributed by atoms with E-state index >= 15 is 0 Å². The third-order valence-corrected chi connectivity index (χ3v) is 3.96. The van der Waals surface area contributed by atoms with E-state index < -0.39 is 17.4 Å². The SMILES string of the molecule is COC(=O)[C@]1(C#N)CC(=O)N(CC(C)C)[C@@H]1c1ccccc1. The van der Waals surface area contributed by atoms with Gasteiger partial charge in [0.05, 0.1) is 25.6 Å². The maximum absolute atomic E-state index is 12.5. The third kappa shape index (κ3) is 2.57. The number of hydrogen-bond acceptors (Lipinski definition) is 4. The monoisotopic (exact) mass is 300 g/mol. The van der Waals surface area contributed by atoms with Crippen molar-refractivity contribution < 1.29 is 14.3 Å². The van der Waals surface area contributed by atoms with Gasteiger partial charge in [-0.3, -0.25) is 9.59 Å². The topological polar surface area (TPSA) is 70.4 Å². The maximum Gasteiger partial charge on any atom is 0.329 e. The van der Waals surface area contributed by atoms with Crippen LogP contribution in [0.3, 0.4) is 0 Å². The van der Waals surface area contributed by atoms with Crippen LogP contribution in [-0.2, 0) is 14.3 Å². The zero-order valence-electron chi connectivity index (χ0n) is 13.1. The molecule has 1 aromatic carbocycles. The number of esters is 1. The molecule has 1 aliphatic rings. The second kappa shape index (κ2) is 6.18. The van der Waals surface area contributed by atoms with Gasteiger partial charge in [0.1, 0.15) is 0 Å². The van der Waals surface area contributed by atoms with Crippen LogP contribution in [0, 0.1) is 22.7 Å². The molecule has 0 N–H and O–H groups in total. The Kier molecular flexibility index (Phi) is 4.51. The van der Waals surface area contributed by atoms with Crippen LogP contribution in [0.1, 0.15) is 31.9 Å². The van der Waals surface area contributed by atoms with E-state index in [4.69, 9.17) is 4.74 Å². The second-order valence-corrected chi connectivity index (χ2v) is 6.00. The lowest BCUT2D eigenvalue weighted by Gasteiger charge is -2.32. The lowest BCUT2D eigenvalue weighted by Crippen LogP contribution is -2.39. The zero-order valence-corrected chi connectivity index (χ0v) is 13.1. The van der Waals surface area contributed by atoms with Crippen molar-refractivity contribution in [3.05, 3.63) is 35.9 Å². The summed E-state index contributed by atoms with van der Waals surface area (Å²) in [6.07, 6.45) is -0.136.